The lowest BCUT2D eigenvalue weighted by Crippen LogP contribution is -1.91. The Morgan fingerprint density at radius 1 is 1.33 bits per heavy atom. The minimum Gasteiger partial charge on any atom is -0.351 e. The number of ketones is 1. The average molecular weight is 266 g/mol. The molecule has 0 aliphatic rings. The zero-order valence-corrected chi connectivity index (χ0v) is 10.5. The highest BCUT2D eigenvalue weighted by Crippen LogP contribution is 2.31. The first-order valence-corrected chi connectivity index (χ1v) is 5.59. The number of nitrogens with one attached hydrogen (secondary N) is 1. The van der Waals surface area contributed by atoms with E-state index >= 15 is 0 Å². The van der Waals surface area contributed by atoms with Gasteiger partial charge in [-0.05, 0) is 47.0 Å². The van der Waals surface area contributed by atoms with E-state index in [1.807, 2.05) is 0 Å². The second kappa shape index (κ2) is 3.49. The van der Waals surface area contributed by atoms with Crippen LogP contribution in [0.25, 0.3) is 10.9 Å². The van der Waals surface area contributed by atoms with E-state index in [9.17, 15) is 4.79 Å². The smallest absolute Gasteiger partial charge is 0.177 e. The van der Waals surface area contributed by atoms with Crippen molar-refractivity contribution in [2.24, 2.45) is 0 Å². The van der Waals surface area contributed by atoms with Gasteiger partial charge >= 0.3 is 0 Å². The van der Waals surface area contributed by atoms with Crippen molar-refractivity contribution in [3.05, 3.63) is 33.4 Å². The van der Waals surface area contributed by atoms with Crippen LogP contribution >= 0.6 is 15.9 Å². The first kappa shape index (κ1) is 10.4. The number of benzene rings is 1. The third-order valence-corrected chi connectivity index (χ3v) is 3.32. The summed E-state index contributed by atoms with van der Waals surface area (Å²) in [6.07, 6.45) is 0. The Bertz CT molecular complexity index is 554. The molecule has 0 unspecified atom stereocenters. The number of carbonyl (C=O) groups excluding carboxylic acids is 1. The van der Waals surface area contributed by atoms with Gasteiger partial charge in [0.15, 0.2) is 5.78 Å². The Hall–Kier alpha value is -1.09. The fourth-order valence-corrected chi connectivity index (χ4v) is 2.82. The quantitative estimate of drug-likeness (QED) is 0.783. The van der Waals surface area contributed by atoms with E-state index in [1.165, 1.54) is 11.1 Å². The van der Waals surface area contributed by atoms with Gasteiger partial charge in [-0.1, -0.05) is 6.07 Å². The molecule has 1 aromatic heterocycles. The molecule has 0 spiro atoms. The predicted molar refractivity (Wildman–Crippen MR) is 65.5 cm³/mol. The zero-order valence-electron chi connectivity index (χ0n) is 8.94. The lowest BCUT2D eigenvalue weighted by molar-refractivity contribution is 0.101. The Morgan fingerprint density at radius 2 is 2.00 bits per heavy atom. The summed E-state index contributed by atoms with van der Waals surface area (Å²) in [5.74, 6) is 0.0510. The molecule has 78 valence electrons. The highest BCUT2D eigenvalue weighted by atomic mass is 79.9. The van der Waals surface area contributed by atoms with Crippen molar-refractivity contribution in [3.63, 3.8) is 0 Å². The minimum absolute atomic E-state index is 0.0510. The van der Waals surface area contributed by atoms with E-state index in [0.717, 1.165) is 15.4 Å². The molecule has 3 heteroatoms. The number of hydrogen-bond acceptors (Lipinski definition) is 1. The molecular weight excluding hydrogens is 254 g/mol. The monoisotopic (exact) mass is 265 g/mol. The van der Waals surface area contributed by atoms with E-state index in [0.29, 0.717) is 5.69 Å². The van der Waals surface area contributed by atoms with Gasteiger partial charge in [0.1, 0.15) is 0 Å². The van der Waals surface area contributed by atoms with Crippen LogP contribution in [-0.4, -0.2) is 10.8 Å². The molecule has 2 aromatic rings. The van der Waals surface area contributed by atoms with Crippen molar-refractivity contribution in [2.45, 2.75) is 20.8 Å². The van der Waals surface area contributed by atoms with Crippen LogP contribution in [0.5, 0.6) is 0 Å². The number of rotatable bonds is 1. The van der Waals surface area contributed by atoms with Crippen molar-refractivity contribution in [3.8, 4) is 0 Å². The summed E-state index contributed by atoms with van der Waals surface area (Å²) in [7, 11) is 0. The Balaban J connectivity index is 2.88. The molecule has 0 bridgehead atoms. The zero-order chi connectivity index (χ0) is 11.2. The van der Waals surface area contributed by atoms with E-state index in [4.69, 9.17) is 0 Å². The number of aromatic nitrogens is 1. The maximum absolute atomic E-state index is 11.4. The number of aromatic amines is 1. The molecule has 0 saturated carbocycles. The van der Waals surface area contributed by atoms with E-state index in [2.05, 4.69) is 46.9 Å². The average Bonchev–Trinajstić information content (AvgIpc) is 2.42. The highest BCUT2D eigenvalue weighted by Gasteiger charge is 2.14. The third-order valence-electron chi connectivity index (χ3n) is 2.53. The van der Waals surface area contributed by atoms with E-state index in [1.54, 1.807) is 6.92 Å². The topological polar surface area (TPSA) is 32.9 Å². The fourth-order valence-electron chi connectivity index (χ4n) is 1.91. The summed E-state index contributed by atoms with van der Waals surface area (Å²) in [4.78, 5) is 14.5. The van der Waals surface area contributed by atoms with Crippen LogP contribution in [0.3, 0.4) is 0 Å². The first-order chi connectivity index (χ1) is 7.00. The van der Waals surface area contributed by atoms with Crippen molar-refractivity contribution in [1.29, 1.82) is 0 Å². The van der Waals surface area contributed by atoms with Crippen LogP contribution < -0.4 is 0 Å². The molecule has 0 saturated heterocycles. The summed E-state index contributed by atoms with van der Waals surface area (Å²) in [5.41, 5.74) is 4.05. The summed E-state index contributed by atoms with van der Waals surface area (Å²) in [6, 6.07) is 4.17. The van der Waals surface area contributed by atoms with E-state index in [-0.39, 0.29) is 5.78 Å². The molecule has 0 atom stereocenters. The third kappa shape index (κ3) is 1.61. The van der Waals surface area contributed by atoms with Gasteiger partial charge in [-0.25, -0.2) is 0 Å². The first-order valence-electron chi connectivity index (χ1n) is 4.80. The molecule has 1 heterocycles. The summed E-state index contributed by atoms with van der Waals surface area (Å²) < 4.78 is 0.877. The number of Topliss-reactive ketones (excluding diaryl/α,β-unsaturated/α-hetero) is 1. The lowest BCUT2D eigenvalue weighted by atomic mass is 10.1. The fraction of sp³-hybridized carbons (Fsp3) is 0.250. The van der Waals surface area contributed by atoms with Crippen molar-refractivity contribution in [2.75, 3.05) is 0 Å². The van der Waals surface area contributed by atoms with Gasteiger partial charge in [0.25, 0.3) is 0 Å². The Labute approximate surface area is 96.8 Å². The molecule has 1 N–H and O–H groups in total. The second-order valence-electron chi connectivity index (χ2n) is 3.87. The normalized spacial score (nSPS) is 10.9. The van der Waals surface area contributed by atoms with Gasteiger partial charge in [-0.2, -0.15) is 0 Å². The maximum Gasteiger partial charge on any atom is 0.177 e. The summed E-state index contributed by atoms with van der Waals surface area (Å²) in [6.45, 7) is 5.67. The molecule has 15 heavy (non-hydrogen) atoms. The van der Waals surface area contributed by atoms with Crippen LogP contribution in [0.2, 0.25) is 0 Å². The molecule has 1 aromatic carbocycles. The molecule has 2 nitrogen and oxygen atoms in total. The van der Waals surface area contributed by atoms with Crippen molar-refractivity contribution < 1.29 is 4.79 Å². The SMILES string of the molecule is CC(=O)c1[nH]c2cc(C)cc(C)c2c1Br. The van der Waals surface area contributed by atoms with Crippen molar-refractivity contribution in [1.82, 2.24) is 4.98 Å². The van der Waals surface area contributed by atoms with Crippen LogP contribution in [-0.2, 0) is 0 Å². The molecule has 0 fully saturated rings. The maximum atomic E-state index is 11.4. The number of carbonyl (C=O) groups is 1. The highest BCUT2D eigenvalue weighted by molar-refractivity contribution is 9.10. The minimum atomic E-state index is 0.0510. The Kier molecular flexibility index (Phi) is 2.43. The molecule has 0 aliphatic carbocycles. The van der Waals surface area contributed by atoms with Gasteiger partial charge in [-0.15, -0.1) is 0 Å². The van der Waals surface area contributed by atoms with Gasteiger partial charge in [0.2, 0.25) is 0 Å². The molecule has 0 radical (unpaired) electrons. The van der Waals surface area contributed by atoms with Gasteiger partial charge in [0.05, 0.1) is 10.2 Å². The Morgan fingerprint density at radius 3 is 2.60 bits per heavy atom. The summed E-state index contributed by atoms with van der Waals surface area (Å²) >= 11 is 3.48. The number of fused-ring (bicyclic) bond motifs is 1. The molecule has 0 amide bonds. The van der Waals surface area contributed by atoms with Gasteiger partial charge < -0.3 is 4.98 Å². The van der Waals surface area contributed by atoms with E-state index < -0.39 is 0 Å². The number of halogens is 1. The van der Waals surface area contributed by atoms with Crippen LogP contribution in [0, 0.1) is 13.8 Å². The standard InChI is InChI=1S/C12H12BrNO/c1-6-4-7(2)10-9(5-6)14-12(8(3)15)11(10)13/h4-5,14H,1-3H3. The summed E-state index contributed by atoms with van der Waals surface area (Å²) in [5, 5.41) is 1.10. The molecular formula is C12H12BrNO. The van der Waals surface area contributed by atoms with Gasteiger partial charge in [-0.3, -0.25) is 4.79 Å². The number of H-pyrrole nitrogens is 1. The lowest BCUT2D eigenvalue weighted by Gasteiger charge is -1.99. The largest absolute Gasteiger partial charge is 0.351 e. The molecule has 2 rings (SSSR count). The van der Waals surface area contributed by atoms with Crippen molar-refractivity contribution >= 4 is 32.6 Å². The second-order valence-corrected chi connectivity index (χ2v) is 4.67. The van der Waals surface area contributed by atoms with Crippen LogP contribution in [0.4, 0.5) is 0 Å². The number of aryl methyl sites for hydroxylation is 2. The van der Waals surface area contributed by atoms with Gasteiger partial charge in [0, 0.05) is 17.8 Å². The van der Waals surface area contributed by atoms with Crippen LogP contribution in [0.15, 0.2) is 16.6 Å². The molecule has 0 aliphatic heterocycles. The predicted octanol–water partition coefficient (Wildman–Crippen LogP) is 3.75. The number of hydrogen-bond donors (Lipinski definition) is 1. The van der Waals surface area contributed by atoms with Crippen LogP contribution in [0.1, 0.15) is 28.5 Å².